The Labute approximate surface area is 184 Å². The molecule has 2 aromatic rings. The highest BCUT2D eigenvalue weighted by molar-refractivity contribution is 6.04. The van der Waals surface area contributed by atoms with Crippen molar-refractivity contribution in [2.45, 2.75) is 25.0 Å². The van der Waals surface area contributed by atoms with Crippen LogP contribution in [-0.2, 0) is 4.74 Å². The Morgan fingerprint density at radius 3 is 2.52 bits per heavy atom. The monoisotopic (exact) mass is 420 g/mol. The van der Waals surface area contributed by atoms with Crippen LogP contribution in [0.25, 0.3) is 0 Å². The molecule has 0 bridgehead atoms. The molecule has 0 saturated carbocycles. The van der Waals surface area contributed by atoms with E-state index in [0.29, 0.717) is 12.1 Å². The van der Waals surface area contributed by atoms with Crippen molar-refractivity contribution >= 4 is 17.1 Å². The van der Waals surface area contributed by atoms with Crippen LogP contribution >= 0.6 is 0 Å². The number of methoxy groups -OCH3 is 2. The van der Waals surface area contributed by atoms with E-state index in [0.717, 1.165) is 69.3 Å². The molecule has 0 spiro atoms. The largest absolute Gasteiger partial charge is 0.497 e. The zero-order chi connectivity index (χ0) is 21.2. The summed E-state index contributed by atoms with van der Waals surface area (Å²) in [6, 6.07) is 15.6. The fourth-order valence-corrected chi connectivity index (χ4v) is 5.04. The van der Waals surface area contributed by atoms with Gasteiger partial charge in [-0.25, -0.2) is 0 Å². The summed E-state index contributed by atoms with van der Waals surface area (Å²) in [5.74, 6) is 0.854. The number of nitrogens with zero attached hydrogens (tertiary/aromatic N) is 3. The van der Waals surface area contributed by atoms with Crippen LogP contribution in [0.4, 0.5) is 11.4 Å². The minimum Gasteiger partial charge on any atom is -0.497 e. The van der Waals surface area contributed by atoms with Gasteiger partial charge in [-0.2, -0.15) is 0 Å². The number of fused-ring (bicyclic) bond motifs is 1. The second-order valence-electron chi connectivity index (χ2n) is 8.63. The third kappa shape index (κ3) is 4.20. The maximum absolute atomic E-state index is 5.64. The Hall–Kier alpha value is -2.41. The van der Waals surface area contributed by atoms with Crippen molar-refractivity contribution in [2.75, 3.05) is 58.4 Å². The van der Waals surface area contributed by atoms with Crippen LogP contribution in [0.1, 0.15) is 30.0 Å². The number of hydrogen-bond donors (Lipinski definition) is 1. The first kappa shape index (κ1) is 20.5. The molecule has 2 unspecified atom stereocenters. The molecule has 0 radical (unpaired) electrons. The van der Waals surface area contributed by atoms with E-state index in [-0.39, 0.29) is 0 Å². The van der Waals surface area contributed by atoms with Crippen LogP contribution in [-0.4, -0.2) is 70.2 Å². The highest BCUT2D eigenvalue weighted by atomic mass is 16.5. The lowest BCUT2D eigenvalue weighted by Gasteiger charge is -2.33. The van der Waals surface area contributed by atoms with Crippen LogP contribution in [0.3, 0.4) is 0 Å². The number of hydrogen-bond acceptors (Lipinski definition) is 6. The van der Waals surface area contributed by atoms with Crippen LogP contribution in [0, 0.1) is 0 Å². The van der Waals surface area contributed by atoms with Gasteiger partial charge < -0.3 is 19.7 Å². The van der Waals surface area contributed by atoms with Gasteiger partial charge in [-0.05, 0) is 35.7 Å². The predicted molar refractivity (Wildman–Crippen MR) is 125 cm³/mol. The smallest absolute Gasteiger partial charge is 0.121 e. The molecule has 3 heterocycles. The molecule has 2 aromatic carbocycles. The maximum Gasteiger partial charge on any atom is 0.121 e. The van der Waals surface area contributed by atoms with Gasteiger partial charge in [0.15, 0.2) is 0 Å². The Morgan fingerprint density at radius 2 is 1.81 bits per heavy atom. The number of nitrogens with one attached hydrogen (secondary N) is 1. The lowest BCUT2D eigenvalue weighted by Crippen LogP contribution is -2.43. The van der Waals surface area contributed by atoms with Gasteiger partial charge in [0.25, 0.3) is 0 Å². The van der Waals surface area contributed by atoms with Gasteiger partial charge in [-0.1, -0.05) is 18.2 Å². The Kier molecular flexibility index (Phi) is 5.94. The molecule has 5 rings (SSSR count). The normalized spacial score (nSPS) is 24.1. The summed E-state index contributed by atoms with van der Waals surface area (Å²) in [4.78, 5) is 10.1. The zero-order valence-corrected chi connectivity index (χ0v) is 18.5. The topological polar surface area (TPSA) is 49.3 Å². The summed E-state index contributed by atoms with van der Waals surface area (Å²) in [7, 11) is 3.53. The first-order valence-corrected chi connectivity index (χ1v) is 11.3. The average Bonchev–Trinajstić information content (AvgIpc) is 3.33. The summed E-state index contributed by atoms with van der Waals surface area (Å²) < 4.78 is 11.1. The number of ether oxygens (including phenoxy) is 2. The van der Waals surface area contributed by atoms with Crippen LogP contribution in [0.2, 0.25) is 0 Å². The Morgan fingerprint density at radius 1 is 1.00 bits per heavy atom. The summed E-state index contributed by atoms with van der Waals surface area (Å²) in [5.41, 5.74) is 5.97. The molecule has 6 heteroatoms. The van der Waals surface area contributed by atoms with E-state index >= 15 is 0 Å². The number of likely N-dealkylation sites (tertiary alicyclic amines) is 1. The third-order valence-corrected chi connectivity index (χ3v) is 6.87. The van der Waals surface area contributed by atoms with Crippen LogP contribution < -0.4 is 15.0 Å². The molecular weight excluding hydrogens is 388 g/mol. The Bertz CT molecular complexity index is 937. The maximum atomic E-state index is 5.64. The molecule has 164 valence electrons. The van der Waals surface area contributed by atoms with Gasteiger partial charge in [0.05, 0.1) is 24.6 Å². The summed E-state index contributed by atoms with van der Waals surface area (Å²) in [6.45, 7) is 6.25. The van der Waals surface area contributed by atoms with E-state index < -0.39 is 0 Å². The second-order valence-corrected chi connectivity index (χ2v) is 8.63. The highest BCUT2D eigenvalue weighted by Crippen LogP contribution is 2.41. The highest BCUT2D eigenvalue weighted by Gasteiger charge is 2.33. The van der Waals surface area contributed by atoms with E-state index in [4.69, 9.17) is 14.5 Å². The van der Waals surface area contributed by atoms with Crippen molar-refractivity contribution < 1.29 is 9.47 Å². The number of benzene rings is 2. The average molecular weight is 421 g/mol. The first-order chi connectivity index (χ1) is 15.2. The fourth-order valence-electron chi connectivity index (χ4n) is 5.04. The minimum atomic E-state index is 0.321. The summed E-state index contributed by atoms with van der Waals surface area (Å²) in [5, 5.41) is 3.42. The van der Waals surface area contributed by atoms with Crippen LogP contribution in [0.15, 0.2) is 47.5 Å². The first-order valence-electron chi connectivity index (χ1n) is 11.3. The van der Waals surface area contributed by atoms with Gasteiger partial charge >= 0.3 is 0 Å². The molecule has 2 atom stereocenters. The van der Waals surface area contributed by atoms with E-state index in [1.807, 2.05) is 7.11 Å². The molecule has 3 aliphatic rings. The van der Waals surface area contributed by atoms with Gasteiger partial charge in [-0.3, -0.25) is 9.89 Å². The van der Waals surface area contributed by atoms with Crippen molar-refractivity contribution in [3.05, 3.63) is 53.6 Å². The standard InChI is InChI=1S/C25H32N4O2/c1-30-20-7-8-22-24(15-20)27-23(16-25(22)29-12-9-21(17-29)31-2)18-3-5-19(6-4-18)28-13-10-26-11-14-28/h3-8,15,21,25-26H,9-14,16-17H2,1-2H3. The molecule has 0 aliphatic carbocycles. The summed E-state index contributed by atoms with van der Waals surface area (Å²) >= 11 is 0. The third-order valence-electron chi connectivity index (χ3n) is 6.87. The number of piperazine rings is 1. The van der Waals surface area contributed by atoms with Gasteiger partial charge in [0.2, 0.25) is 0 Å². The molecule has 31 heavy (non-hydrogen) atoms. The van der Waals surface area contributed by atoms with Crippen molar-refractivity contribution in [3.8, 4) is 5.75 Å². The minimum absolute atomic E-state index is 0.321. The second kappa shape index (κ2) is 8.99. The van der Waals surface area contributed by atoms with Crippen LogP contribution in [0.5, 0.6) is 5.75 Å². The van der Waals surface area contributed by atoms with Gasteiger partial charge in [0.1, 0.15) is 5.75 Å². The molecule has 3 aliphatic heterocycles. The van der Waals surface area contributed by atoms with E-state index in [9.17, 15) is 0 Å². The van der Waals surface area contributed by atoms with E-state index in [2.05, 4.69) is 57.6 Å². The lowest BCUT2D eigenvalue weighted by molar-refractivity contribution is 0.101. The molecule has 6 nitrogen and oxygen atoms in total. The number of rotatable bonds is 5. The molecular formula is C25H32N4O2. The Balaban J connectivity index is 1.44. The fraction of sp³-hybridized carbons (Fsp3) is 0.480. The molecule has 1 N–H and O–H groups in total. The van der Waals surface area contributed by atoms with Crippen molar-refractivity contribution in [2.24, 2.45) is 4.99 Å². The van der Waals surface area contributed by atoms with Crippen molar-refractivity contribution in [3.63, 3.8) is 0 Å². The number of anilines is 1. The predicted octanol–water partition coefficient (Wildman–Crippen LogP) is 3.39. The molecule has 2 saturated heterocycles. The van der Waals surface area contributed by atoms with Gasteiger partial charge in [-0.15, -0.1) is 0 Å². The lowest BCUT2D eigenvalue weighted by atomic mass is 9.91. The van der Waals surface area contributed by atoms with Crippen molar-refractivity contribution in [1.82, 2.24) is 10.2 Å². The molecule has 2 fully saturated rings. The van der Waals surface area contributed by atoms with E-state index in [1.54, 1.807) is 7.11 Å². The van der Waals surface area contributed by atoms with Crippen molar-refractivity contribution in [1.29, 1.82) is 0 Å². The number of aliphatic imine (C=N–C) groups is 1. The van der Waals surface area contributed by atoms with Gasteiger partial charge in [0, 0.05) is 70.6 Å². The molecule has 0 aromatic heterocycles. The van der Waals surface area contributed by atoms with E-state index in [1.165, 1.54) is 16.8 Å². The SMILES string of the molecule is COc1ccc2c(c1)N=C(c1ccc(N3CCNCC3)cc1)CC2N1CCC(OC)C1. The quantitative estimate of drug-likeness (QED) is 0.804. The summed E-state index contributed by atoms with van der Waals surface area (Å²) in [6.07, 6.45) is 2.33. The zero-order valence-electron chi connectivity index (χ0n) is 18.5. The molecule has 0 amide bonds.